The molecule has 0 radical (unpaired) electrons. The Morgan fingerprint density at radius 3 is 2.45 bits per heavy atom. The number of aromatic hydroxyl groups is 1. The maximum atomic E-state index is 12.0. The van der Waals surface area contributed by atoms with Crippen LogP contribution in [0.1, 0.15) is 20.7 Å². The minimum absolute atomic E-state index is 0.0637. The van der Waals surface area contributed by atoms with Crippen LogP contribution in [0.5, 0.6) is 5.75 Å². The second-order valence-electron chi connectivity index (χ2n) is 3.97. The lowest BCUT2D eigenvalue weighted by atomic mass is 10.1. The van der Waals surface area contributed by atoms with Gasteiger partial charge in [-0.1, -0.05) is 12.1 Å². The molecule has 0 atom stereocenters. The van der Waals surface area contributed by atoms with Gasteiger partial charge in [-0.25, -0.2) is 4.79 Å². The summed E-state index contributed by atoms with van der Waals surface area (Å²) >= 11 is 2.08. The first kappa shape index (κ1) is 14.3. The highest BCUT2D eigenvalue weighted by Gasteiger charge is 2.15. The summed E-state index contributed by atoms with van der Waals surface area (Å²) < 4.78 is 0.902. The quantitative estimate of drug-likeness (QED) is 0.562. The molecule has 5 nitrogen and oxygen atoms in total. The van der Waals surface area contributed by atoms with Crippen molar-refractivity contribution in [1.29, 1.82) is 0 Å². The van der Waals surface area contributed by atoms with E-state index in [-0.39, 0.29) is 11.3 Å². The molecule has 2 aromatic rings. The minimum atomic E-state index is -1.26. The zero-order valence-electron chi connectivity index (χ0n) is 10.1. The molecule has 0 aliphatic carbocycles. The summed E-state index contributed by atoms with van der Waals surface area (Å²) in [6.45, 7) is 0. The molecule has 1 amide bonds. The number of hydrogen-bond donors (Lipinski definition) is 3. The molecule has 2 aromatic carbocycles. The summed E-state index contributed by atoms with van der Waals surface area (Å²) in [4.78, 5) is 22.9. The van der Waals surface area contributed by atoms with Crippen molar-refractivity contribution in [2.24, 2.45) is 0 Å². The van der Waals surface area contributed by atoms with Gasteiger partial charge in [-0.3, -0.25) is 4.79 Å². The van der Waals surface area contributed by atoms with Gasteiger partial charge in [-0.2, -0.15) is 0 Å². The van der Waals surface area contributed by atoms with Crippen molar-refractivity contribution in [2.45, 2.75) is 0 Å². The van der Waals surface area contributed by atoms with Gasteiger partial charge in [0.15, 0.2) is 5.75 Å². The predicted octanol–water partition coefficient (Wildman–Crippen LogP) is 2.95. The Kier molecular flexibility index (Phi) is 4.23. The molecule has 0 aliphatic heterocycles. The highest BCUT2D eigenvalue weighted by atomic mass is 127. The van der Waals surface area contributed by atoms with E-state index in [1.807, 2.05) is 6.07 Å². The van der Waals surface area contributed by atoms with Crippen molar-refractivity contribution in [3.05, 3.63) is 57.2 Å². The summed E-state index contributed by atoms with van der Waals surface area (Å²) in [6, 6.07) is 11.1. The summed E-state index contributed by atoms with van der Waals surface area (Å²) in [7, 11) is 0. The Bertz CT molecular complexity index is 685. The molecular weight excluding hydrogens is 373 g/mol. The van der Waals surface area contributed by atoms with Crippen LogP contribution in [0.2, 0.25) is 0 Å². The van der Waals surface area contributed by atoms with Gasteiger partial charge in [0.1, 0.15) is 5.56 Å². The average Bonchev–Trinajstić information content (AvgIpc) is 2.40. The number of hydrogen-bond acceptors (Lipinski definition) is 3. The van der Waals surface area contributed by atoms with Crippen molar-refractivity contribution in [1.82, 2.24) is 0 Å². The van der Waals surface area contributed by atoms with Crippen molar-refractivity contribution in [2.75, 3.05) is 5.32 Å². The number of benzene rings is 2. The molecule has 0 fully saturated rings. The van der Waals surface area contributed by atoms with Crippen molar-refractivity contribution in [3.8, 4) is 5.75 Å². The third kappa shape index (κ3) is 3.08. The Labute approximate surface area is 128 Å². The van der Waals surface area contributed by atoms with Crippen LogP contribution in [0.25, 0.3) is 0 Å². The SMILES string of the molecule is O=C(Nc1cccc(C(=O)O)c1O)c1cccc(I)c1. The summed E-state index contributed by atoms with van der Waals surface area (Å²) in [5, 5.41) is 21.2. The summed E-state index contributed by atoms with van der Waals surface area (Å²) in [6.07, 6.45) is 0. The molecule has 0 aromatic heterocycles. The molecule has 6 heteroatoms. The molecular formula is C14H10INO4. The fourth-order valence-electron chi connectivity index (χ4n) is 1.64. The van der Waals surface area contributed by atoms with E-state index in [1.54, 1.807) is 18.2 Å². The van der Waals surface area contributed by atoms with Gasteiger partial charge in [0.05, 0.1) is 5.69 Å². The molecule has 0 unspecified atom stereocenters. The maximum absolute atomic E-state index is 12.0. The summed E-state index contributed by atoms with van der Waals surface area (Å²) in [5.74, 6) is -2.13. The van der Waals surface area contributed by atoms with Gasteiger partial charge in [0.2, 0.25) is 0 Å². The number of aromatic carboxylic acids is 1. The predicted molar refractivity (Wildman–Crippen MR) is 82.2 cm³/mol. The van der Waals surface area contributed by atoms with E-state index >= 15 is 0 Å². The summed E-state index contributed by atoms with van der Waals surface area (Å²) in [5.41, 5.74) is 0.233. The van der Waals surface area contributed by atoms with Gasteiger partial charge in [0, 0.05) is 9.13 Å². The molecule has 102 valence electrons. The largest absolute Gasteiger partial charge is 0.505 e. The molecule has 3 N–H and O–H groups in total. The number of para-hydroxylation sites is 1. The fourth-order valence-corrected chi connectivity index (χ4v) is 2.18. The number of halogens is 1. The first-order valence-electron chi connectivity index (χ1n) is 5.61. The van der Waals surface area contributed by atoms with E-state index < -0.39 is 17.6 Å². The molecule has 0 saturated heterocycles. The lowest BCUT2D eigenvalue weighted by Gasteiger charge is -2.09. The first-order chi connectivity index (χ1) is 9.49. The van der Waals surface area contributed by atoms with Gasteiger partial charge in [0.25, 0.3) is 5.91 Å². The highest BCUT2D eigenvalue weighted by molar-refractivity contribution is 14.1. The third-order valence-electron chi connectivity index (χ3n) is 2.60. The van der Waals surface area contributed by atoms with Crippen LogP contribution in [-0.2, 0) is 0 Å². The molecule has 20 heavy (non-hydrogen) atoms. The number of carbonyl (C=O) groups is 2. The third-order valence-corrected chi connectivity index (χ3v) is 3.27. The number of amides is 1. The number of carboxylic acid groups (broad SMARTS) is 1. The number of rotatable bonds is 3. The molecule has 0 spiro atoms. The van der Waals surface area contributed by atoms with E-state index in [1.165, 1.54) is 18.2 Å². The van der Waals surface area contributed by atoms with E-state index in [9.17, 15) is 14.7 Å². The van der Waals surface area contributed by atoms with Gasteiger partial charge >= 0.3 is 5.97 Å². The van der Waals surface area contributed by atoms with E-state index in [2.05, 4.69) is 27.9 Å². The van der Waals surface area contributed by atoms with E-state index in [4.69, 9.17) is 5.11 Å². The average molecular weight is 383 g/mol. The number of phenols is 1. The first-order valence-corrected chi connectivity index (χ1v) is 6.69. The Hall–Kier alpha value is -2.09. The Morgan fingerprint density at radius 1 is 1.10 bits per heavy atom. The van der Waals surface area contributed by atoms with Gasteiger partial charge < -0.3 is 15.5 Å². The number of nitrogens with one attached hydrogen (secondary N) is 1. The van der Waals surface area contributed by atoms with Crippen LogP contribution in [0.3, 0.4) is 0 Å². The molecule has 0 aliphatic rings. The van der Waals surface area contributed by atoms with Crippen LogP contribution in [0.4, 0.5) is 5.69 Å². The number of anilines is 1. The number of carboxylic acids is 1. The topological polar surface area (TPSA) is 86.6 Å². The zero-order chi connectivity index (χ0) is 14.7. The van der Waals surface area contributed by atoms with Crippen molar-refractivity contribution >= 4 is 40.2 Å². The van der Waals surface area contributed by atoms with Crippen molar-refractivity contribution < 1.29 is 19.8 Å². The molecule has 2 rings (SSSR count). The monoisotopic (exact) mass is 383 g/mol. The van der Waals surface area contributed by atoms with Crippen LogP contribution in [-0.4, -0.2) is 22.1 Å². The second kappa shape index (κ2) is 5.91. The Balaban J connectivity index is 2.29. The molecule has 0 heterocycles. The van der Waals surface area contributed by atoms with E-state index in [0.717, 1.165) is 3.57 Å². The van der Waals surface area contributed by atoms with Gasteiger partial charge in [-0.15, -0.1) is 0 Å². The highest BCUT2D eigenvalue weighted by Crippen LogP contribution is 2.27. The lowest BCUT2D eigenvalue weighted by Crippen LogP contribution is -2.12. The van der Waals surface area contributed by atoms with Gasteiger partial charge in [-0.05, 0) is 52.9 Å². The van der Waals surface area contributed by atoms with Crippen LogP contribution in [0, 0.1) is 3.57 Å². The molecule has 0 bridgehead atoms. The second-order valence-corrected chi connectivity index (χ2v) is 5.22. The lowest BCUT2D eigenvalue weighted by molar-refractivity contribution is 0.0693. The Morgan fingerprint density at radius 2 is 1.80 bits per heavy atom. The standard InChI is InChI=1S/C14H10INO4/c15-9-4-1-3-8(7-9)13(18)16-11-6-2-5-10(12(11)17)14(19)20/h1-7,17H,(H,16,18)(H,19,20). The minimum Gasteiger partial charge on any atom is -0.505 e. The van der Waals surface area contributed by atoms with Crippen LogP contribution >= 0.6 is 22.6 Å². The normalized spacial score (nSPS) is 10.1. The molecule has 0 saturated carbocycles. The smallest absolute Gasteiger partial charge is 0.339 e. The number of carbonyl (C=O) groups excluding carboxylic acids is 1. The van der Waals surface area contributed by atoms with E-state index in [0.29, 0.717) is 5.56 Å². The van der Waals surface area contributed by atoms with Crippen LogP contribution in [0.15, 0.2) is 42.5 Å². The van der Waals surface area contributed by atoms with Crippen molar-refractivity contribution in [3.63, 3.8) is 0 Å². The zero-order valence-corrected chi connectivity index (χ0v) is 12.3. The van der Waals surface area contributed by atoms with Crippen LogP contribution < -0.4 is 5.32 Å². The maximum Gasteiger partial charge on any atom is 0.339 e. The fraction of sp³-hybridized carbons (Fsp3) is 0.